The predicted molar refractivity (Wildman–Crippen MR) is 84.2 cm³/mol. The molecule has 0 bridgehead atoms. The van der Waals surface area contributed by atoms with Crippen LogP contribution in [0.15, 0.2) is 21.5 Å². The van der Waals surface area contributed by atoms with Crippen LogP contribution in [0.4, 0.5) is 4.39 Å². The average molecular weight is 400 g/mol. The van der Waals surface area contributed by atoms with Crippen LogP contribution in [-0.2, 0) is 10.0 Å². The molecule has 2 rings (SSSR count). The zero-order valence-corrected chi connectivity index (χ0v) is 14.7. The maximum absolute atomic E-state index is 14.0. The highest BCUT2D eigenvalue weighted by Gasteiger charge is 2.33. The molecule has 0 spiro atoms. The summed E-state index contributed by atoms with van der Waals surface area (Å²) in [6, 6.07) is 2.12. The second kappa shape index (κ2) is 6.50. The lowest BCUT2D eigenvalue weighted by molar-refractivity contribution is 0.242. The molecule has 0 aromatic heterocycles. The van der Waals surface area contributed by atoms with Gasteiger partial charge in [-0.15, -0.1) is 0 Å². The van der Waals surface area contributed by atoms with Gasteiger partial charge >= 0.3 is 0 Å². The number of hydrogen-bond donors (Lipinski definition) is 1. The zero-order valence-electron chi connectivity index (χ0n) is 11.5. The van der Waals surface area contributed by atoms with Crippen LogP contribution in [0.5, 0.6) is 0 Å². The zero-order chi connectivity index (χ0) is 15.8. The molecular formula is C13H17BrClFN2O2S. The normalized spacial score (nSPS) is 22.2. The van der Waals surface area contributed by atoms with Crippen LogP contribution in [-0.4, -0.2) is 31.9 Å². The van der Waals surface area contributed by atoms with E-state index in [1.165, 1.54) is 4.31 Å². The Kier molecular flexibility index (Phi) is 5.31. The molecule has 1 aromatic carbocycles. The Bertz CT molecular complexity index is 639. The van der Waals surface area contributed by atoms with E-state index < -0.39 is 15.8 Å². The van der Waals surface area contributed by atoms with Crippen LogP contribution in [0.1, 0.15) is 19.8 Å². The second-order valence-corrected chi connectivity index (χ2v) is 8.49. The number of piperidine rings is 1. The fourth-order valence-electron chi connectivity index (χ4n) is 2.46. The lowest BCUT2D eigenvalue weighted by Crippen LogP contribution is -2.45. The summed E-state index contributed by atoms with van der Waals surface area (Å²) in [7, 11) is -3.90. The fraction of sp³-hybridized carbons (Fsp3) is 0.538. The minimum atomic E-state index is -3.90. The first-order valence-electron chi connectivity index (χ1n) is 6.63. The maximum Gasteiger partial charge on any atom is 0.246 e. The van der Waals surface area contributed by atoms with E-state index in [4.69, 9.17) is 17.3 Å². The Morgan fingerprint density at radius 3 is 2.81 bits per heavy atom. The van der Waals surface area contributed by atoms with Crippen molar-refractivity contribution < 1.29 is 12.8 Å². The van der Waals surface area contributed by atoms with Gasteiger partial charge in [-0.2, -0.15) is 4.31 Å². The third kappa shape index (κ3) is 3.59. The summed E-state index contributed by atoms with van der Waals surface area (Å²) in [5.74, 6) is -0.725. The van der Waals surface area contributed by atoms with Crippen LogP contribution in [0, 0.1) is 11.7 Å². The van der Waals surface area contributed by atoms with Crippen molar-refractivity contribution in [3.05, 3.63) is 27.4 Å². The Labute approximate surface area is 137 Å². The monoisotopic (exact) mass is 398 g/mol. The number of nitrogens with two attached hydrogens (primary N) is 1. The van der Waals surface area contributed by atoms with Crippen molar-refractivity contribution in [3.63, 3.8) is 0 Å². The molecule has 4 nitrogen and oxygen atoms in total. The molecule has 118 valence electrons. The molecule has 1 aromatic rings. The van der Waals surface area contributed by atoms with E-state index in [0.29, 0.717) is 17.6 Å². The molecule has 2 atom stereocenters. The first-order valence-corrected chi connectivity index (χ1v) is 9.25. The highest BCUT2D eigenvalue weighted by atomic mass is 79.9. The van der Waals surface area contributed by atoms with Crippen molar-refractivity contribution in [2.45, 2.75) is 30.7 Å². The molecule has 0 amide bonds. The molecule has 21 heavy (non-hydrogen) atoms. The summed E-state index contributed by atoms with van der Waals surface area (Å²) < 4.78 is 40.9. The van der Waals surface area contributed by atoms with Crippen LogP contribution in [0.3, 0.4) is 0 Å². The minimum Gasteiger partial charge on any atom is -0.328 e. The topological polar surface area (TPSA) is 63.4 Å². The second-order valence-electron chi connectivity index (χ2n) is 5.32. The van der Waals surface area contributed by atoms with Gasteiger partial charge in [0.25, 0.3) is 0 Å². The van der Waals surface area contributed by atoms with Gasteiger partial charge in [-0.05, 0) is 53.7 Å². The van der Waals surface area contributed by atoms with E-state index in [1.54, 1.807) is 0 Å². The molecule has 0 aliphatic carbocycles. The van der Waals surface area contributed by atoms with Gasteiger partial charge in [-0.3, -0.25) is 0 Å². The molecule has 2 N–H and O–H groups in total. The molecule has 1 fully saturated rings. The van der Waals surface area contributed by atoms with Crippen molar-refractivity contribution in [3.8, 4) is 0 Å². The highest BCUT2D eigenvalue weighted by molar-refractivity contribution is 9.10. The van der Waals surface area contributed by atoms with E-state index >= 15 is 0 Å². The summed E-state index contributed by atoms with van der Waals surface area (Å²) in [5, 5.41) is 0.163. The molecule has 0 saturated carbocycles. The number of rotatable bonds is 3. The fourth-order valence-corrected chi connectivity index (χ4v) is 4.61. The number of sulfonamides is 1. The molecule has 1 saturated heterocycles. The molecule has 2 unspecified atom stereocenters. The number of nitrogens with zero attached hydrogens (tertiary/aromatic N) is 1. The molecular weight excluding hydrogens is 383 g/mol. The van der Waals surface area contributed by atoms with Crippen LogP contribution >= 0.6 is 27.5 Å². The van der Waals surface area contributed by atoms with Gasteiger partial charge in [0.05, 0.1) is 5.02 Å². The first kappa shape index (κ1) is 17.1. The van der Waals surface area contributed by atoms with Crippen LogP contribution in [0.2, 0.25) is 5.02 Å². The Morgan fingerprint density at radius 2 is 2.19 bits per heavy atom. The Hall–Kier alpha value is -0.210. The average Bonchev–Trinajstić information content (AvgIpc) is 2.42. The lowest BCUT2D eigenvalue weighted by atomic mass is 9.93. The van der Waals surface area contributed by atoms with Gasteiger partial charge in [-0.1, -0.05) is 11.6 Å². The third-order valence-electron chi connectivity index (χ3n) is 3.76. The minimum absolute atomic E-state index is 0.0857. The van der Waals surface area contributed by atoms with Crippen molar-refractivity contribution >= 4 is 37.6 Å². The SMILES string of the molecule is CC(N)C1CCCN(S(=O)(=O)c2cc(Cl)c(Br)cc2F)C1. The lowest BCUT2D eigenvalue weighted by Gasteiger charge is -2.33. The van der Waals surface area contributed by atoms with Crippen LogP contribution in [0.25, 0.3) is 0 Å². The quantitative estimate of drug-likeness (QED) is 0.795. The summed E-state index contributed by atoms with van der Waals surface area (Å²) in [6.07, 6.45) is 1.60. The van der Waals surface area contributed by atoms with E-state index in [1.807, 2.05) is 6.92 Å². The summed E-state index contributed by atoms with van der Waals surface area (Å²) >= 11 is 8.97. The number of hydrogen-bond acceptors (Lipinski definition) is 3. The first-order chi connectivity index (χ1) is 9.73. The Morgan fingerprint density at radius 1 is 1.52 bits per heavy atom. The molecule has 1 aliphatic rings. The maximum atomic E-state index is 14.0. The standard InChI is InChI=1S/C13H17BrClFN2O2S/c1-8(17)9-3-2-4-18(7-9)21(19,20)13-6-11(15)10(14)5-12(13)16/h5-6,8-9H,2-4,7,17H2,1H3. The van der Waals surface area contributed by atoms with Crippen LogP contribution < -0.4 is 5.73 Å². The predicted octanol–water partition coefficient (Wildman–Crippen LogP) is 2.99. The van der Waals surface area contributed by atoms with E-state index in [0.717, 1.165) is 25.0 Å². The largest absolute Gasteiger partial charge is 0.328 e. The molecule has 1 aliphatic heterocycles. The van der Waals surface area contributed by atoms with Crippen molar-refractivity contribution in [1.29, 1.82) is 0 Å². The number of halogens is 3. The van der Waals surface area contributed by atoms with Gasteiger partial charge in [0.15, 0.2) is 0 Å². The summed E-state index contributed by atoms with van der Waals surface area (Å²) in [6.45, 7) is 2.55. The number of benzene rings is 1. The van der Waals surface area contributed by atoms with Crippen molar-refractivity contribution in [1.82, 2.24) is 4.31 Å². The van der Waals surface area contributed by atoms with E-state index in [9.17, 15) is 12.8 Å². The molecule has 8 heteroatoms. The highest BCUT2D eigenvalue weighted by Crippen LogP contribution is 2.31. The Balaban J connectivity index is 2.36. The van der Waals surface area contributed by atoms with Gasteiger partial charge in [0, 0.05) is 23.6 Å². The summed E-state index contributed by atoms with van der Waals surface area (Å²) in [5.41, 5.74) is 5.86. The van der Waals surface area contributed by atoms with Crippen molar-refractivity contribution in [2.75, 3.05) is 13.1 Å². The van der Waals surface area contributed by atoms with Gasteiger partial charge in [-0.25, -0.2) is 12.8 Å². The van der Waals surface area contributed by atoms with Gasteiger partial charge in [0.2, 0.25) is 10.0 Å². The van der Waals surface area contributed by atoms with Gasteiger partial charge in [0.1, 0.15) is 10.7 Å². The summed E-state index contributed by atoms with van der Waals surface area (Å²) in [4.78, 5) is -0.388. The molecule has 1 heterocycles. The smallest absolute Gasteiger partial charge is 0.246 e. The van der Waals surface area contributed by atoms with E-state index in [-0.39, 0.29) is 21.9 Å². The van der Waals surface area contributed by atoms with E-state index in [2.05, 4.69) is 15.9 Å². The van der Waals surface area contributed by atoms with Crippen molar-refractivity contribution in [2.24, 2.45) is 11.7 Å². The van der Waals surface area contributed by atoms with Gasteiger partial charge < -0.3 is 5.73 Å². The molecule has 0 radical (unpaired) electrons. The third-order valence-corrected chi connectivity index (χ3v) is 6.83.